The Kier molecular flexibility index (Phi) is 4.86. The third-order valence-electron chi connectivity index (χ3n) is 3.23. The molecule has 0 aliphatic carbocycles. The number of sulfonamides is 1. The van der Waals surface area contributed by atoms with Crippen LogP contribution in [0.15, 0.2) is 0 Å². The molecule has 0 amide bonds. The van der Waals surface area contributed by atoms with Crippen molar-refractivity contribution in [3.63, 3.8) is 0 Å². The Labute approximate surface area is 107 Å². The lowest BCUT2D eigenvalue weighted by Crippen LogP contribution is -2.51. The van der Waals surface area contributed by atoms with E-state index in [1.165, 1.54) is 13.8 Å². The monoisotopic (exact) mass is 277 g/mol. The summed E-state index contributed by atoms with van der Waals surface area (Å²) in [5, 5.41) is -1.28. The number of esters is 1. The fourth-order valence-corrected chi connectivity index (χ4v) is 3.84. The van der Waals surface area contributed by atoms with E-state index < -0.39 is 27.3 Å². The van der Waals surface area contributed by atoms with Crippen molar-refractivity contribution in [3.8, 4) is 0 Å². The van der Waals surface area contributed by atoms with Gasteiger partial charge in [0, 0.05) is 6.54 Å². The molecule has 2 atom stereocenters. The number of rotatable bonds is 4. The number of carbonyl (C=O) groups excluding carboxylic acids is 2. The summed E-state index contributed by atoms with van der Waals surface area (Å²) in [7, 11) is -2.68. The Balaban J connectivity index is 3.01. The minimum absolute atomic E-state index is 0.185. The first-order chi connectivity index (χ1) is 8.32. The lowest BCUT2D eigenvalue weighted by molar-refractivity contribution is -0.140. The third-order valence-corrected chi connectivity index (χ3v) is 5.41. The average molecular weight is 277 g/mol. The molecule has 1 aliphatic heterocycles. The second-order valence-corrected chi connectivity index (χ2v) is 6.65. The Hall–Kier alpha value is -0.950. The summed E-state index contributed by atoms with van der Waals surface area (Å²) < 4.78 is 30.2. The number of ketones is 1. The van der Waals surface area contributed by atoms with Gasteiger partial charge in [-0.3, -0.25) is 9.59 Å². The summed E-state index contributed by atoms with van der Waals surface area (Å²) in [6.45, 7) is 2.95. The van der Waals surface area contributed by atoms with E-state index in [2.05, 4.69) is 4.74 Å². The summed E-state index contributed by atoms with van der Waals surface area (Å²) in [6.07, 6.45) is 2.04. The topological polar surface area (TPSA) is 80.8 Å². The molecule has 7 heteroatoms. The summed E-state index contributed by atoms with van der Waals surface area (Å²) in [5.74, 6) is -0.988. The largest absolute Gasteiger partial charge is 0.468 e. The molecule has 18 heavy (non-hydrogen) atoms. The summed E-state index contributed by atoms with van der Waals surface area (Å²) in [4.78, 5) is 22.9. The summed E-state index contributed by atoms with van der Waals surface area (Å²) in [5.41, 5.74) is 0. The van der Waals surface area contributed by atoms with Crippen LogP contribution in [0.4, 0.5) is 0 Å². The van der Waals surface area contributed by atoms with Crippen molar-refractivity contribution >= 4 is 21.8 Å². The minimum atomic E-state index is -3.83. The average Bonchev–Trinajstić information content (AvgIpc) is 2.36. The highest BCUT2D eigenvalue weighted by molar-refractivity contribution is 7.90. The Bertz CT molecular complexity index is 431. The van der Waals surface area contributed by atoms with E-state index in [1.807, 2.05) is 0 Å². The normalized spacial score (nSPS) is 23.4. The molecule has 2 unspecified atom stereocenters. The van der Waals surface area contributed by atoms with E-state index in [4.69, 9.17) is 0 Å². The molecule has 1 heterocycles. The number of methoxy groups -OCH3 is 1. The molecule has 1 fully saturated rings. The van der Waals surface area contributed by atoms with Crippen molar-refractivity contribution in [1.29, 1.82) is 0 Å². The fourth-order valence-electron chi connectivity index (χ4n) is 2.11. The minimum Gasteiger partial charge on any atom is -0.468 e. The van der Waals surface area contributed by atoms with Gasteiger partial charge in [0.25, 0.3) is 0 Å². The zero-order chi connectivity index (χ0) is 13.9. The van der Waals surface area contributed by atoms with E-state index in [0.29, 0.717) is 12.8 Å². The quantitative estimate of drug-likeness (QED) is 0.691. The molecule has 0 spiro atoms. The van der Waals surface area contributed by atoms with Crippen molar-refractivity contribution in [2.45, 2.75) is 44.4 Å². The lowest BCUT2D eigenvalue weighted by atomic mass is 10.0. The van der Waals surface area contributed by atoms with Gasteiger partial charge >= 0.3 is 5.97 Å². The van der Waals surface area contributed by atoms with Gasteiger partial charge in [-0.15, -0.1) is 0 Å². The number of piperidine rings is 1. The second-order valence-electron chi connectivity index (χ2n) is 4.44. The van der Waals surface area contributed by atoms with Crippen molar-refractivity contribution in [2.24, 2.45) is 0 Å². The fraction of sp³-hybridized carbons (Fsp3) is 0.818. The molecular weight excluding hydrogens is 258 g/mol. The first kappa shape index (κ1) is 15.1. The molecule has 0 aromatic carbocycles. The van der Waals surface area contributed by atoms with Gasteiger partial charge in [-0.05, 0) is 26.7 Å². The Morgan fingerprint density at radius 1 is 1.33 bits per heavy atom. The van der Waals surface area contributed by atoms with Gasteiger partial charge in [0.15, 0.2) is 5.25 Å². The van der Waals surface area contributed by atoms with Crippen LogP contribution in [0.25, 0.3) is 0 Å². The number of nitrogens with zero attached hydrogens (tertiary/aromatic N) is 1. The summed E-state index contributed by atoms with van der Waals surface area (Å²) >= 11 is 0. The van der Waals surface area contributed by atoms with Crippen LogP contribution in [0.2, 0.25) is 0 Å². The molecule has 0 bridgehead atoms. The molecule has 0 saturated carbocycles. The maximum Gasteiger partial charge on any atom is 0.325 e. The lowest BCUT2D eigenvalue weighted by Gasteiger charge is -2.34. The number of Topliss-reactive ketones (excluding diaryl/α,β-unsaturated/α-hetero) is 1. The predicted octanol–water partition coefficient (Wildman–Crippen LogP) is 0.321. The van der Waals surface area contributed by atoms with Gasteiger partial charge < -0.3 is 4.74 Å². The van der Waals surface area contributed by atoms with Gasteiger partial charge in [-0.25, -0.2) is 8.42 Å². The van der Waals surface area contributed by atoms with Crippen LogP contribution in [0.5, 0.6) is 0 Å². The summed E-state index contributed by atoms with van der Waals surface area (Å²) in [6, 6.07) is -0.643. The highest BCUT2D eigenvalue weighted by Crippen LogP contribution is 2.23. The van der Waals surface area contributed by atoms with E-state index in [1.54, 1.807) is 0 Å². The number of hydrogen-bond donors (Lipinski definition) is 0. The van der Waals surface area contributed by atoms with Gasteiger partial charge in [-0.2, -0.15) is 4.31 Å². The highest BCUT2D eigenvalue weighted by Gasteiger charge is 2.41. The molecule has 1 aliphatic rings. The van der Waals surface area contributed by atoms with Crippen LogP contribution in [0, 0.1) is 0 Å². The Morgan fingerprint density at radius 2 is 1.94 bits per heavy atom. The first-order valence-corrected chi connectivity index (χ1v) is 7.41. The standard InChI is InChI=1S/C11H19NO5S/c1-8(13)10-6-4-5-7-12(10)18(15,16)9(2)11(14)17-3/h9-10H,4-7H2,1-3H3. The van der Waals surface area contributed by atoms with Crippen molar-refractivity contribution in [2.75, 3.05) is 13.7 Å². The maximum absolute atomic E-state index is 12.3. The van der Waals surface area contributed by atoms with Crippen LogP contribution in [-0.4, -0.2) is 49.4 Å². The SMILES string of the molecule is COC(=O)C(C)S(=O)(=O)N1CCCCC1C(C)=O. The predicted molar refractivity (Wildman–Crippen MR) is 65.4 cm³/mol. The third kappa shape index (κ3) is 2.89. The molecule has 0 aromatic rings. The number of ether oxygens (including phenoxy) is 1. The smallest absolute Gasteiger partial charge is 0.325 e. The first-order valence-electron chi connectivity index (χ1n) is 5.91. The molecule has 104 valence electrons. The molecular formula is C11H19NO5S. The van der Waals surface area contributed by atoms with Crippen LogP contribution in [-0.2, 0) is 24.3 Å². The molecule has 0 aromatic heterocycles. The zero-order valence-corrected chi connectivity index (χ0v) is 11.7. The maximum atomic E-state index is 12.3. The van der Waals surface area contributed by atoms with Crippen molar-refractivity contribution in [1.82, 2.24) is 4.31 Å². The molecule has 1 rings (SSSR count). The highest BCUT2D eigenvalue weighted by atomic mass is 32.2. The molecule has 0 radical (unpaired) electrons. The molecule has 6 nitrogen and oxygen atoms in total. The Morgan fingerprint density at radius 3 is 2.44 bits per heavy atom. The zero-order valence-electron chi connectivity index (χ0n) is 10.9. The van der Waals surface area contributed by atoms with Gasteiger partial charge in [0.05, 0.1) is 13.2 Å². The molecule has 1 saturated heterocycles. The van der Waals surface area contributed by atoms with E-state index in [0.717, 1.165) is 17.8 Å². The van der Waals surface area contributed by atoms with E-state index in [9.17, 15) is 18.0 Å². The van der Waals surface area contributed by atoms with Gasteiger partial charge in [-0.1, -0.05) is 6.42 Å². The van der Waals surface area contributed by atoms with E-state index in [-0.39, 0.29) is 12.3 Å². The van der Waals surface area contributed by atoms with Crippen molar-refractivity contribution in [3.05, 3.63) is 0 Å². The van der Waals surface area contributed by atoms with Gasteiger partial charge in [0.2, 0.25) is 10.0 Å². The van der Waals surface area contributed by atoms with Gasteiger partial charge in [0.1, 0.15) is 5.78 Å². The number of hydrogen-bond acceptors (Lipinski definition) is 5. The van der Waals surface area contributed by atoms with Crippen LogP contribution < -0.4 is 0 Å². The van der Waals surface area contributed by atoms with Crippen molar-refractivity contribution < 1.29 is 22.7 Å². The second kappa shape index (κ2) is 5.79. The van der Waals surface area contributed by atoms with Crippen LogP contribution in [0.1, 0.15) is 33.1 Å². The van der Waals surface area contributed by atoms with E-state index >= 15 is 0 Å². The number of carbonyl (C=O) groups is 2. The van der Waals surface area contributed by atoms with Crippen LogP contribution in [0.3, 0.4) is 0 Å². The van der Waals surface area contributed by atoms with Crippen LogP contribution >= 0.6 is 0 Å². The molecule has 0 N–H and O–H groups in total.